The van der Waals surface area contributed by atoms with Crippen molar-refractivity contribution in [2.45, 2.75) is 49.8 Å². The summed E-state index contributed by atoms with van der Waals surface area (Å²) in [4.78, 5) is 14.3. The summed E-state index contributed by atoms with van der Waals surface area (Å²) in [6.45, 7) is 3.20. The lowest BCUT2D eigenvalue weighted by Gasteiger charge is -2.32. The largest absolute Gasteiger partial charge is 0.372 e. The van der Waals surface area contributed by atoms with E-state index in [1.54, 1.807) is 23.1 Å². The van der Waals surface area contributed by atoms with Crippen LogP contribution in [-0.2, 0) is 32.8 Å². The SMILES string of the molecule is Cl.O=C(CNS(=O)(=O)c1ccc2c(c1)COC2)N1CCC(NCC2CC2)CC1. The summed E-state index contributed by atoms with van der Waals surface area (Å²) in [6, 6.07) is 5.45. The molecule has 1 aromatic rings. The number of carbonyl (C=O) groups excluding carboxylic acids is 1. The van der Waals surface area contributed by atoms with Gasteiger partial charge in [-0.3, -0.25) is 4.79 Å². The Hall–Kier alpha value is -1.19. The summed E-state index contributed by atoms with van der Waals surface area (Å²) in [5, 5.41) is 3.58. The van der Waals surface area contributed by atoms with Crippen LogP contribution >= 0.6 is 12.4 Å². The number of halogens is 1. The monoisotopic (exact) mass is 429 g/mol. The molecule has 0 bridgehead atoms. The van der Waals surface area contributed by atoms with Gasteiger partial charge in [-0.2, -0.15) is 0 Å². The lowest BCUT2D eigenvalue weighted by Crippen LogP contribution is -2.48. The summed E-state index contributed by atoms with van der Waals surface area (Å²) in [5.74, 6) is 0.688. The molecule has 28 heavy (non-hydrogen) atoms. The highest BCUT2D eigenvalue weighted by atomic mass is 35.5. The normalized spacial score (nSPS) is 19.9. The minimum absolute atomic E-state index is 0. The fraction of sp³-hybridized carbons (Fsp3) is 0.632. The Morgan fingerprint density at radius 1 is 1.11 bits per heavy atom. The maximum atomic E-state index is 12.5. The maximum Gasteiger partial charge on any atom is 0.241 e. The molecule has 0 spiro atoms. The van der Waals surface area contributed by atoms with E-state index in [-0.39, 0.29) is 29.8 Å². The van der Waals surface area contributed by atoms with Gasteiger partial charge in [-0.1, -0.05) is 6.07 Å². The first-order valence-electron chi connectivity index (χ1n) is 9.71. The number of amides is 1. The van der Waals surface area contributed by atoms with Crippen LogP contribution in [0.5, 0.6) is 0 Å². The van der Waals surface area contributed by atoms with Crippen LogP contribution in [0.25, 0.3) is 0 Å². The van der Waals surface area contributed by atoms with Crippen LogP contribution in [-0.4, -0.2) is 51.4 Å². The van der Waals surface area contributed by atoms with Gasteiger partial charge in [0, 0.05) is 19.1 Å². The number of benzene rings is 1. The number of piperidine rings is 1. The number of carbonyl (C=O) groups is 1. The number of nitrogens with zero attached hydrogens (tertiary/aromatic N) is 1. The van der Waals surface area contributed by atoms with Gasteiger partial charge in [0.2, 0.25) is 15.9 Å². The molecule has 1 aromatic carbocycles. The number of rotatable bonds is 7. The molecule has 2 heterocycles. The van der Waals surface area contributed by atoms with Crippen molar-refractivity contribution in [2.75, 3.05) is 26.2 Å². The van der Waals surface area contributed by atoms with E-state index in [0.29, 0.717) is 32.3 Å². The van der Waals surface area contributed by atoms with E-state index >= 15 is 0 Å². The number of hydrogen-bond acceptors (Lipinski definition) is 5. The molecule has 1 saturated heterocycles. The molecule has 9 heteroatoms. The van der Waals surface area contributed by atoms with Crippen molar-refractivity contribution >= 4 is 28.3 Å². The van der Waals surface area contributed by atoms with E-state index in [1.165, 1.54) is 12.8 Å². The minimum Gasteiger partial charge on any atom is -0.372 e. The van der Waals surface area contributed by atoms with Crippen molar-refractivity contribution in [1.29, 1.82) is 0 Å². The summed E-state index contributed by atoms with van der Waals surface area (Å²) in [6.07, 6.45) is 4.52. The summed E-state index contributed by atoms with van der Waals surface area (Å²) in [7, 11) is -3.70. The van der Waals surface area contributed by atoms with Gasteiger partial charge < -0.3 is 15.0 Å². The van der Waals surface area contributed by atoms with E-state index in [4.69, 9.17) is 4.74 Å². The van der Waals surface area contributed by atoms with Gasteiger partial charge in [-0.05, 0) is 61.4 Å². The second-order valence-corrected chi connectivity index (χ2v) is 9.52. The zero-order valence-corrected chi connectivity index (χ0v) is 17.5. The Labute approximate surface area is 172 Å². The predicted molar refractivity (Wildman–Crippen MR) is 108 cm³/mol. The van der Waals surface area contributed by atoms with Crippen LogP contribution in [0.3, 0.4) is 0 Å². The topological polar surface area (TPSA) is 87.7 Å². The molecule has 4 rings (SSSR count). The van der Waals surface area contributed by atoms with Crippen LogP contribution < -0.4 is 10.0 Å². The predicted octanol–water partition coefficient (Wildman–Crippen LogP) is 1.41. The third-order valence-corrected chi connectivity index (χ3v) is 7.06. The first-order chi connectivity index (χ1) is 13.0. The molecule has 3 aliphatic rings. The third-order valence-electron chi connectivity index (χ3n) is 5.66. The Balaban J connectivity index is 0.00000225. The molecular weight excluding hydrogens is 402 g/mol. The average Bonchev–Trinajstić information content (AvgIpc) is 3.39. The van der Waals surface area contributed by atoms with Crippen LogP contribution in [0.2, 0.25) is 0 Å². The molecule has 0 unspecified atom stereocenters. The quantitative estimate of drug-likeness (QED) is 0.684. The Morgan fingerprint density at radius 3 is 2.54 bits per heavy atom. The van der Waals surface area contributed by atoms with Gasteiger partial charge in [0.25, 0.3) is 0 Å². The van der Waals surface area contributed by atoms with E-state index in [2.05, 4.69) is 10.0 Å². The van der Waals surface area contributed by atoms with Crippen molar-refractivity contribution in [3.63, 3.8) is 0 Å². The minimum atomic E-state index is -3.70. The molecule has 0 aromatic heterocycles. The standard InChI is InChI=1S/C19H27N3O4S.ClH/c23-19(22-7-5-17(6-8-22)20-10-14-1-2-14)11-21-27(24,25)18-4-3-15-12-26-13-16(15)9-18;/h3-4,9,14,17,20-21H,1-2,5-8,10-13H2;1H. The zero-order valence-electron chi connectivity index (χ0n) is 15.9. The third kappa shape index (κ3) is 5.24. The Morgan fingerprint density at radius 2 is 1.82 bits per heavy atom. The Kier molecular flexibility index (Phi) is 6.98. The van der Waals surface area contributed by atoms with E-state index < -0.39 is 10.0 Å². The second-order valence-electron chi connectivity index (χ2n) is 7.75. The van der Waals surface area contributed by atoms with Crippen LogP contribution in [0.4, 0.5) is 0 Å². The second kappa shape index (κ2) is 9.09. The number of likely N-dealkylation sites (tertiary alicyclic amines) is 1. The molecule has 0 radical (unpaired) electrons. The van der Waals surface area contributed by atoms with Gasteiger partial charge in [0.05, 0.1) is 24.7 Å². The number of hydrogen-bond donors (Lipinski definition) is 2. The zero-order chi connectivity index (χ0) is 18.9. The van der Waals surface area contributed by atoms with Crippen molar-refractivity contribution in [1.82, 2.24) is 14.9 Å². The average molecular weight is 430 g/mol. The number of ether oxygens (including phenoxy) is 1. The molecule has 1 saturated carbocycles. The highest BCUT2D eigenvalue weighted by Gasteiger charge is 2.27. The molecule has 156 valence electrons. The first-order valence-corrected chi connectivity index (χ1v) is 11.2. The van der Waals surface area contributed by atoms with E-state index in [9.17, 15) is 13.2 Å². The summed E-state index contributed by atoms with van der Waals surface area (Å²) < 4.78 is 32.8. The highest BCUT2D eigenvalue weighted by Crippen LogP contribution is 2.28. The highest BCUT2D eigenvalue weighted by molar-refractivity contribution is 7.89. The molecule has 7 nitrogen and oxygen atoms in total. The number of nitrogens with one attached hydrogen (secondary N) is 2. The fourth-order valence-corrected chi connectivity index (χ4v) is 4.68. The summed E-state index contributed by atoms with van der Waals surface area (Å²) in [5.41, 5.74) is 1.91. The number of fused-ring (bicyclic) bond motifs is 1. The van der Waals surface area contributed by atoms with Crippen molar-refractivity contribution in [3.05, 3.63) is 29.3 Å². The molecule has 0 atom stereocenters. The molecule has 2 N–H and O–H groups in total. The first kappa shape index (κ1) is 21.5. The fourth-order valence-electron chi connectivity index (χ4n) is 3.66. The molecule has 1 aliphatic carbocycles. The van der Waals surface area contributed by atoms with Gasteiger partial charge in [-0.25, -0.2) is 13.1 Å². The molecule has 1 amide bonds. The van der Waals surface area contributed by atoms with Crippen molar-refractivity contribution in [2.24, 2.45) is 5.92 Å². The van der Waals surface area contributed by atoms with Crippen molar-refractivity contribution < 1.29 is 17.9 Å². The lowest BCUT2D eigenvalue weighted by atomic mass is 10.0. The van der Waals surface area contributed by atoms with Crippen LogP contribution in [0.15, 0.2) is 23.1 Å². The smallest absolute Gasteiger partial charge is 0.241 e. The Bertz CT molecular complexity index is 805. The lowest BCUT2D eigenvalue weighted by molar-refractivity contribution is -0.131. The summed E-state index contributed by atoms with van der Waals surface area (Å²) >= 11 is 0. The van der Waals surface area contributed by atoms with Gasteiger partial charge in [-0.15, -0.1) is 12.4 Å². The molecule has 2 aliphatic heterocycles. The van der Waals surface area contributed by atoms with E-state index in [1.807, 2.05) is 0 Å². The maximum absolute atomic E-state index is 12.5. The van der Waals surface area contributed by atoms with Gasteiger partial charge in [0.1, 0.15) is 0 Å². The molecule has 2 fully saturated rings. The number of sulfonamides is 1. The van der Waals surface area contributed by atoms with Crippen molar-refractivity contribution in [3.8, 4) is 0 Å². The molecular formula is C19H28ClN3O4S. The van der Waals surface area contributed by atoms with Gasteiger partial charge >= 0.3 is 0 Å². The van der Waals surface area contributed by atoms with E-state index in [0.717, 1.165) is 36.4 Å². The van der Waals surface area contributed by atoms with Crippen LogP contribution in [0, 0.1) is 5.92 Å². The van der Waals surface area contributed by atoms with Crippen LogP contribution in [0.1, 0.15) is 36.8 Å². The van der Waals surface area contributed by atoms with Gasteiger partial charge in [0.15, 0.2) is 0 Å².